The lowest BCUT2D eigenvalue weighted by atomic mass is 9.97. The standard InChI is InChI=1S/C25H28N2O4/c1-17(2)15-22(19-9-5-4-6-10-19)26-23(28)16-31-24(29)13-14-27-18(3)20-11-7-8-12-21(20)25(27)30/h4-12,17,22H,3,13-16H2,1-2H3,(H,26,28). The van der Waals surface area contributed by atoms with Crippen LogP contribution in [0.2, 0.25) is 0 Å². The lowest BCUT2D eigenvalue weighted by molar-refractivity contribution is -0.148. The summed E-state index contributed by atoms with van der Waals surface area (Å²) in [5.74, 6) is -0.669. The van der Waals surface area contributed by atoms with Crippen LogP contribution in [0.15, 0.2) is 61.2 Å². The molecule has 6 heteroatoms. The topological polar surface area (TPSA) is 75.7 Å². The van der Waals surface area contributed by atoms with Crippen LogP contribution in [0, 0.1) is 5.92 Å². The van der Waals surface area contributed by atoms with Crippen molar-refractivity contribution in [2.24, 2.45) is 5.92 Å². The molecule has 0 spiro atoms. The monoisotopic (exact) mass is 420 g/mol. The van der Waals surface area contributed by atoms with Crippen LogP contribution >= 0.6 is 0 Å². The normalized spacial score (nSPS) is 13.8. The van der Waals surface area contributed by atoms with Gasteiger partial charge < -0.3 is 15.0 Å². The van der Waals surface area contributed by atoms with E-state index in [0.717, 1.165) is 17.5 Å². The zero-order valence-electron chi connectivity index (χ0n) is 18.0. The molecule has 0 radical (unpaired) electrons. The number of esters is 1. The number of nitrogens with zero attached hydrogens (tertiary/aromatic N) is 1. The van der Waals surface area contributed by atoms with E-state index in [1.807, 2.05) is 42.5 Å². The molecule has 1 unspecified atom stereocenters. The van der Waals surface area contributed by atoms with E-state index in [1.165, 1.54) is 4.90 Å². The van der Waals surface area contributed by atoms with Gasteiger partial charge in [0.25, 0.3) is 11.8 Å². The molecule has 162 valence electrons. The van der Waals surface area contributed by atoms with Gasteiger partial charge in [-0.15, -0.1) is 0 Å². The van der Waals surface area contributed by atoms with Crippen molar-refractivity contribution in [3.05, 3.63) is 77.9 Å². The van der Waals surface area contributed by atoms with Crippen molar-refractivity contribution >= 4 is 23.5 Å². The number of carbonyl (C=O) groups excluding carboxylic acids is 3. The first-order valence-corrected chi connectivity index (χ1v) is 10.5. The molecule has 1 N–H and O–H groups in total. The number of benzene rings is 2. The third-order valence-electron chi connectivity index (χ3n) is 5.19. The number of nitrogens with one attached hydrogen (secondary N) is 1. The summed E-state index contributed by atoms with van der Waals surface area (Å²) in [5, 5.41) is 2.95. The van der Waals surface area contributed by atoms with Crippen molar-refractivity contribution in [1.82, 2.24) is 10.2 Å². The number of hydrogen-bond donors (Lipinski definition) is 1. The molecule has 0 aliphatic carbocycles. The van der Waals surface area contributed by atoms with Crippen LogP contribution < -0.4 is 5.32 Å². The molecule has 0 aromatic heterocycles. The largest absolute Gasteiger partial charge is 0.456 e. The Balaban J connectivity index is 1.47. The second kappa shape index (κ2) is 10.1. The highest BCUT2D eigenvalue weighted by Crippen LogP contribution is 2.31. The van der Waals surface area contributed by atoms with Crippen LogP contribution in [0.4, 0.5) is 0 Å². The van der Waals surface area contributed by atoms with Gasteiger partial charge >= 0.3 is 5.97 Å². The van der Waals surface area contributed by atoms with Gasteiger partial charge in [0.15, 0.2) is 6.61 Å². The van der Waals surface area contributed by atoms with Gasteiger partial charge in [-0.05, 0) is 24.0 Å². The third kappa shape index (κ3) is 5.60. The Kier molecular flexibility index (Phi) is 7.23. The average molecular weight is 421 g/mol. The molecule has 2 amide bonds. The molecule has 2 aromatic rings. The van der Waals surface area contributed by atoms with E-state index >= 15 is 0 Å². The van der Waals surface area contributed by atoms with Crippen LogP contribution in [0.3, 0.4) is 0 Å². The van der Waals surface area contributed by atoms with Crippen molar-refractivity contribution in [3.8, 4) is 0 Å². The van der Waals surface area contributed by atoms with E-state index in [4.69, 9.17) is 4.74 Å². The maximum absolute atomic E-state index is 12.5. The maximum Gasteiger partial charge on any atom is 0.308 e. The lowest BCUT2D eigenvalue weighted by Gasteiger charge is -2.21. The Hall–Kier alpha value is -3.41. The lowest BCUT2D eigenvalue weighted by Crippen LogP contribution is -2.33. The fraction of sp³-hybridized carbons (Fsp3) is 0.320. The van der Waals surface area contributed by atoms with Gasteiger partial charge in [0, 0.05) is 23.4 Å². The molecule has 0 bridgehead atoms. The molecule has 0 fully saturated rings. The molecule has 3 rings (SSSR count). The number of ether oxygens (including phenoxy) is 1. The van der Waals surface area contributed by atoms with E-state index in [1.54, 1.807) is 12.1 Å². The van der Waals surface area contributed by atoms with Crippen molar-refractivity contribution < 1.29 is 19.1 Å². The van der Waals surface area contributed by atoms with Crippen LogP contribution in [0.5, 0.6) is 0 Å². The SMILES string of the molecule is C=C1c2ccccc2C(=O)N1CCC(=O)OCC(=O)NC(CC(C)C)c1ccccc1. The summed E-state index contributed by atoms with van der Waals surface area (Å²) in [4.78, 5) is 38.5. The highest BCUT2D eigenvalue weighted by molar-refractivity contribution is 6.08. The van der Waals surface area contributed by atoms with E-state index in [0.29, 0.717) is 17.2 Å². The Morgan fingerprint density at radius 3 is 2.32 bits per heavy atom. The van der Waals surface area contributed by atoms with Crippen molar-refractivity contribution in [2.45, 2.75) is 32.7 Å². The summed E-state index contributed by atoms with van der Waals surface area (Å²) in [7, 11) is 0. The molecule has 1 heterocycles. The second-order valence-electron chi connectivity index (χ2n) is 8.02. The third-order valence-corrected chi connectivity index (χ3v) is 5.19. The Labute approximate surface area is 182 Å². The molecule has 1 aliphatic heterocycles. The molecule has 31 heavy (non-hydrogen) atoms. The Morgan fingerprint density at radius 2 is 1.68 bits per heavy atom. The highest BCUT2D eigenvalue weighted by Gasteiger charge is 2.30. The van der Waals surface area contributed by atoms with Crippen LogP contribution in [0.25, 0.3) is 5.70 Å². The zero-order chi connectivity index (χ0) is 22.4. The summed E-state index contributed by atoms with van der Waals surface area (Å²) in [5.41, 5.74) is 2.95. The van der Waals surface area contributed by atoms with Gasteiger partial charge in [0.2, 0.25) is 0 Å². The molecule has 6 nitrogen and oxygen atoms in total. The number of rotatable bonds is 9. The van der Waals surface area contributed by atoms with Crippen molar-refractivity contribution in [3.63, 3.8) is 0 Å². The van der Waals surface area contributed by atoms with Crippen LogP contribution in [-0.2, 0) is 14.3 Å². The Morgan fingerprint density at radius 1 is 1.03 bits per heavy atom. The second-order valence-corrected chi connectivity index (χ2v) is 8.02. The first-order valence-electron chi connectivity index (χ1n) is 10.5. The van der Waals surface area contributed by atoms with Gasteiger partial charge in [-0.3, -0.25) is 14.4 Å². The molecule has 1 atom stereocenters. The van der Waals surface area contributed by atoms with Crippen molar-refractivity contribution in [2.75, 3.05) is 13.2 Å². The first kappa shape index (κ1) is 22.3. The van der Waals surface area contributed by atoms with E-state index < -0.39 is 5.97 Å². The molecule has 0 saturated heterocycles. The number of hydrogen-bond acceptors (Lipinski definition) is 4. The molecular formula is C25H28N2O4. The van der Waals surface area contributed by atoms with Gasteiger partial charge in [-0.25, -0.2) is 0 Å². The van der Waals surface area contributed by atoms with Gasteiger partial charge in [-0.2, -0.15) is 0 Å². The van der Waals surface area contributed by atoms with Crippen molar-refractivity contribution in [1.29, 1.82) is 0 Å². The predicted octanol–water partition coefficient (Wildman–Crippen LogP) is 3.95. The minimum atomic E-state index is -0.535. The smallest absolute Gasteiger partial charge is 0.308 e. The number of amides is 2. The number of fused-ring (bicyclic) bond motifs is 1. The zero-order valence-corrected chi connectivity index (χ0v) is 18.0. The molecule has 2 aromatic carbocycles. The average Bonchev–Trinajstić information content (AvgIpc) is 3.01. The van der Waals surface area contributed by atoms with Crippen LogP contribution in [-0.4, -0.2) is 35.8 Å². The van der Waals surface area contributed by atoms with Gasteiger partial charge in [0.05, 0.1) is 12.5 Å². The minimum absolute atomic E-state index is 0.0138. The minimum Gasteiger partial charge on any atom is -0.456 e. The maximum atomic E-state index is 12.5. The summed E-state index contributed by atoms with van der Waals surface area (Å²) >= 11 is 0. The number of carbonyl (C=O) groups is 3. The quantitative estimate of drug-likeness (QED) is 0.623. The summed E-state index contributed by atoms with van der Waals surface area (Å²) in [6.07, 6.45) is 0.767. The first-order chi connectivity index (χ1) is 14.9. The predicted molar refractivity (Wildman–Crippen MR) is 119 cm³/mol. The summed E-state index contributed by atoms with van der Waals surface area (Å²) in [6, 6.07) is 16.8. The van der Waals surface area contributed by atoms with Gasteiger partial charge in [0.1, 0.15) is 0 Å². The van der Waals surface area contributed by atoms with Crippen LogP contribution in [0.1, 0.15) is 54.2 Å². The summed E-state index contributed by atoms with van der Waals surface area (Å²) < 4.78 is 5.13. The van der Waals surface area contributed by atoms with E-state index in [-0.39, 0.29) is 37.4 Å². The molecule has 0 saturated carbocycles. The summed E-state index contributed by atoms with van der Waals surface area (Å²) in [6.45, 7) is 7.94. The molecule has 1 aliphatic rings. The van der Waals surface area contributed by atoms with Gasteiger partial charge in [-0.1, -0.05) is 69.0 Å². The van der Waals surface area contributed by atoms with E-state index in [9.17, 15) is 14.4 Å². The fourth-order valence-corrected chi connectivity index (χ4v) is 3.66. The fourth-order valence-electron chi connectivity index (χ4n) is 3.66. The highest BCUT2D eigenvalue weighted by atomic mass is 16.5. The molecular weight excluding hydrogens is 392 g/mol. The van der Waals surface area contributed by atoms with E-state index in [2.05, 4.69) is 25.7 Å². The Bertz CT molecular complexity index is 933.